The van der Waals surface area contributed by atoms with Crippen molar-refractivity contribution < 1.29 is 22.8 Å². The van der Waals surface area contributed by atoms with Crippen molar-refractivity contribution >= 4 is 11.8 Å². The first-order valence-electron chi connectivity index (χ1n) is 9.14. The minimum absolute atomic E-state index is 0.0364. The van der Waals surface area contributed by atoms with E-state index in [1.54, 1.807) is 0 Å². The fourth-order valence-electron chi connectivity index (χ4n) is 2.58. The lowest BCUT2D eigenvalue weighted by atomic mass is 10.3. The van der Waals surface area contributed by atoms with Crippen molar-refractivity contribution in [3.05, 3.63) is 53.4 Å². The van der Waals surface area contributed by atoms with Gasteiger partial charge in [0.05, 0.1) is 24.6 Å². The summed E-state index contributed by atoms with van der Waals surface area (Å²) in [6.07, 6.45) is -0.273. The van der Waals surface area contributed by atoms with Gasteiger partial charge in [-0.2, -0.15) is 13.2 Å². The Morgan fingerprint density at radius 2 is 1.61 bits per heavy atom. The van der Waals surface area contributed by atoms with Crippen LogP contribution >= 0.6 is 0 Å². The zero-order valence-corrected chi connectivity index (χ0v) is 16.1. The lowest BCUT2D eigenvalue weighted by Crippen LogP contribution is -2.24. The van der Waals surface area contributed by atoms with E-state index >= 15 is 0 Å². The van der Waals surface area contributed by atoms with Gasteiger partial charge in [0.1, 0.15) is 5.69 Å². The molecule has 0 aliphatic rings. The number of carbonyl (C=O) groups is 2. The Kier molecular flexibility index (Phi) is 6.57. The number of rotatable bonds is 9. The first kappa shape index (κ1) is 21.9. The van der Waals surface area contributed by atoms with Crippen LogP contribution in [-0.4, -0.2) is 46.8 Å². The summed E-state index contributed by atoms with van der Waals surface area (Å²) in [5.41, 5.74) is 4.28. The van der Waals surface area contributed by atoms with E-state index in [9.17, 15) is 22.8 Å². The molecule has 3 rings (SSSR count). The maximum atomic E-state index is 12.7. The molecule has 0 aliphatic carbocycles. The highest BCUT2D eigenvalue weighted by molar-refractivity contribution is 5.91. The van der Waals surface area contributed by atoms with Crippen LogP contribution in [0.25, 0.3) is 0 Å². The fourth-order valence-corrected chi connectivity index (χ4v) is 2.58. The van der Waals surface area contributed by atoms with Gasteiger partial charge >= 0.3 is 6.18 Å². The monoisotopic (exact) mass is 437 g/mol. The quantitative estimate of drug-likeness (QED) is 0.471. The maximum absolute atomic E-state index is 12.7. The van der Waals surface area contributed by atoms with E-state index in [1.165, 1.54) is 33.9 Å². The molecular formula is C17H18F3N9O2. The second-order valence-corrected chi connectivity index (χ2v) is 6.50. The predicted octanol–water partition coefficient (Wildman–Crippen LogP) is 0.793. The van der Waals surface area contributed by atoms with E-state index < -0.39 is 23.7 Å². The van der Waals surface area contributed by atoms with Crippen LogP contribution in [0.3, 0.4) is 0 Å². The number of aromatic nitrogens is 7. The van der Waals surface area contributed by atoms with Gasteiger partial charge in [-0.25, -0.2) is 4.98 Å². The molecule has 0 saturated carbocycles. The Balaban J connectivity index is 1.44. The van der Waals surface area contributed by atoms with Crippen molar-refractivity contribution in [2.24, 2.45) is 5.73 Å². The molecule has 164 valence electrons. The molecule has 3 N–H and O–H groups in total. The number of pyridine rings is 1. The summed E-state index contributed by atoms with van der Waals surface area (Å²) in [6, 6.07) is 3.46. The van der Waals surface area contributed by atoms with Crippen molar-refractivity contribution in [1.29, 1.82) is 0 Å². The third-order valence-electron chi connectivity index (χ3n) is 4.11. The number of primary amides is 1. The number of hydrogen-bond acceptors (Lipinski definition) is 7. The minimum Gasteiger partial charge on any atom is -0.364 e. The van der Waals surface area contributed by atoms with Gasteiger partial charge in [0, 0.05) is 13.1 Å². The van der Waals surface area contributed by atoms with E-state index in [0.717, 1.165) is 6.07 Å². The molecule has 11 nitrogen and oxygen atoms in total. The van der Waals surface area contributed by atoms with Crippen LogP contribution in [0.2, 0.25) is 0 Å². The molecule has 31 heavy (non-hydrogen) atoms. The van der Waals surface area contributed by atoms with E-state index in [-0.39, 0.29) is 23.6 Å². The van der Waals surface area contributed by atoms with Gasteiger partial charge in [0.25, 0.3) is 11.8 Å². The number of nitrogens with two attached hydrogens (primary N) is 1. The van der Waals surface area contributed by atoms with Crippen LogP contribution in [0.1, 0.15) is 45.2 Å². The number of unbranched alkanes of at least 4 members (excludes halogenated alkanes) is 1. The highest BCUT2D eigenvalue weighted by Crippen LogP contribution is 2.27. The second kappa shape index (κ2) is 9.32. The highest BCUT2D eigenvalue weighted by Gasteiger charge is 2.32. The van der Waals surface area contributed by atoms with Gasteiger partial charge in [-0.3, -0.25) is 19.0 Å². The van der Waals surface area contributed by atoms with Crippen LogP contribution in [0.15, 0.2) is 30.6 Å². The van der Waals surface area contributed by atoms with Crippen molar-refractivity contribution in [3.63, 3.8) is 0 Å². The number of amides is 2. The third kappa shape index (κ3) is 6.07. The number of alkyl halides is 3. The van der Waals surface area contributed by atoms with E-state index in [2.05, 4.69) is 30.9 Å². The zero-order valence-electron chi connectivity index (χ0n) is 16.1. The summed E-state index contributed by atoms with van der Waals surface area (Å²) in [5, 5.41) is 17.5. The topological polar surface area (TPSA) is 146 Å². The van der Waals surface area contributed by atoms with Crippen molar-refractivity contribution in [3.8, 4) is 0 Å². The first-order valence-corrected chi connectivity index (χ1v) is 9.14. The molecule has 3 heterocycles. The molecule has 0 atom stereocenters. The summed E-state index contributed by atoms with van der Waals surface area (Å²) in [7, 11) is 0. The van der Waals surface area contributed by atoms with E-state index in [1.807, 2.05) is 0 Å². The van der Waals surface area contributed by atoms with Gasteiger partial charge in [-0.1, -0.05) is 16.5 Å². The van der Waals surface area contributed by atoms with Crippen molar-refractivity contribution in [2.75, 3.05) is 0 Å². The number of halogens is 3. The Hall–Kier alpha value is -3.84. The standard InChI is InChI=1S/C17H18F3N9O2/c18-17(19,20)14-5-3-4-11(23-14)8-22-16(31)13-10-29(27-25-13)7-2-1-6-28-9-12(15(21)30)24-26-28/h3-5,9-10H,1-2,6-8H2,(H2,21,30)(H,22,31). The van der Waals surface area contributed by atoms with E-state index in [4.69, 9.17) is 5.73 Å². The molecule has 14 heteroatoms. The van der Waals surface area contributed by atoms with Gasteiger partial charge in [0.2, 0.25) is 0 Å². The lowest BCUT2D eigenvalue weighted by molar-refractivity contribution is -0.141. The predicted molar refractivity (Wildman–Crippen MR) is 98.2 cm³/mol. The average molecular weight is 437 g/mol. The smallest absolute Gasteiger partial charge is 0.364 e. The minimum atomic E-state index is -4.55. The highest BCUT2D eigenvalue weighted by atomic mass is 19.4. The molecular weight excluding hydrogens is 419 g/mol. The van der Waals surface area contributed by atoms with Gasteiger partial charge in [0.15, 0.2) is 11.4 Å². The molecule has 0 aliphatic heterocycles. The van der Waals surface area contributed by atoms with Crippen LogP contribution in [0.5, 0.6) is 0 Å². The fraction of sp³-hybridized carbons (Fsp3) is 0.353. The van der Waals surface area contributed by atoms with Crippen molar-refractivity contribution in [2.45, 2.75) is 38.7 Å². The van der Waals surface area contributed by atoms with Gasteiger partial charge in [-0.05, 0) is 25.0 Å². The molecule has 0 spiro atoms. The van der Waals surface area contributed by atoms with Gasteiger partial charge < -0.3 is 11.1 Å². The molecule has 0 aromatic carbocycles. The largest absolute Gasteiger partial charge is 0.433 e. The number of hydrogen-bond donors (Lipinski definition) is 2. The lowest BCUT2D eigenvalue weighted by Gasteiger charge is -2.08. The molecule has 3 aromatic heterocycles. The SMILES string of the molecule is NC(=O)c1cn(CCCCn2cc(C(=O)NCc3cccc(C(F)(F)F)n3)nn2)nn1. The molecule has 0 fully saturated rings. The Bertz CT molecular complexity index is 1060. The molecule has 0 bridgehead atoms. The summed E-state index contributed by atoms with van der Waals surface area (Å²) in [5.74, 6) is -1.23. The average Bonchev–Trinajstić information content (AvgIpc) is 3.39. The van der Waals surface area contributed by atoms with Crippen LogP contribution in [-0.2, 0) is 25.8 Å². The van der Waals surface area contributed by atoms with Crippen LogP contribution in [0, 0.1) is 0 Å². The molecule has 3 aromatic rings. The third-order valence-corrected chi connectivity index (χ3v) is 4.11. The maximum Gasteiger partial charge on any atom is 0.433 e. The molecule has 0 unspecified atom stereocenters. The molecule has 0 radical (unpaired) electrons. The van der Waals surface area contributed by atoms with Crippen LogP contribution < -0.4 is 11.1 Å². The Morgan fingerprint density at radius 3 is 2.19 bits per heavy atom. The first-order chi connectivity index (χ1) is 14.7. The Morgan fingerprint density at radius 1 is 1.00 bits per heavy atom. The van der Waals surface area contributed by atoms with Gasteiger partial charge in [-0.15, -0.1) is 10.2 Å². The normalized spacial score (nSPS) is 11.5. The van der Waals surface area contributed by atoms with E-state index in [0.29, 0.717) is 25.9 Å². The number of nitrogens with one attached hydrogen (secondary N) is 1. The zero-order chi connectivity index (χ0) is 22.4. The number of aryl methyl sites for hydroxylation is 2. The summed E-state index contributed by atoms with van der Waals surface area (Å²) in [6.45, 7) is 0.819. The number of carbonyl (C=O) groups excluding carboxylic acids is 2. The second-order valence-electron chi connectivity index (χ2n) is 6.50. The van der Waals surface area contributed by atoms with Crippen LogP contribution in [0.4, 0.5) is 13.2 Å². The summed E-state index contributed by atoms with van der Waals surface area (Å²) < 4.78 is 41.1. The van der Waals surface area contributed by atoms with Crippen molar-refractivity contribution in [1.82, 2.24) is 40.3 Å². The molecule has 0 saturated heterocycles. The summed E-state index contributed by atoms with van der Waals surface area (Å²) >= 11 is 0. The summed E-state index contributed by atoms with van der Waals surface area (Å²) in [4.78, 5) is 26.6. The Labute approximate surface area is 173 Å². The molecule has 2 amide bonds. The number of nitrogens with zero attached hydrogens (tertiary/aromatic N) is 7.